The molecule has 33 heavy (non-hydrogen) atoms. The molecule has 7 heteroatoms. The summed E-state index contributed by atoms with van der Waals surface area (Å²) in [5, 5.41) is 19.3. The molecule has 1 aromatic heterocycles. The summed E-state index contributed by atoms with van der Waals surface area (Å²) < 4.78 is 2.96. The van der Waals surface area contributed by atoms with E-state index in [2.05, 4.69) is 0 Å². The lowest BCUT2D eigenvalue weighted by Gasteiger charge is -2.10. The predicted molar refractivity (Wildman–Crippen MR) is 127 cm³/mol. The molecule has 0 radical (unpaired) electrons. The number of hydrogen-bond acceptors (Lipinski definition) is 3. The van der Waals surface area contributed by atoms with Gasteiger partial charge in [0.05, 0.1) is 17.8 Å². The van der Waals surface area contributed by atoms with Crippen molar-refractivity contribution < 1.29 is 19.8 Å². The molecule has 0 aliphatic carbocycles. The Balaban J connectivity index is 1.99. The SMILES string of the molecule is CCCc1c(C(=O)O)n(CCC(C)C)c(=O)n1Cc1ccc(-c2ccccc2C(=O)O)cc1. The van der Waals surface area contributed by atoms with Crippen molar-refractivity contribution in [2.24, 2.45) is 5.92 Å². The van der Waals surface area contributed by atoms with Crippen LogP contribution in [0.25, 0.3) is 11.1 Å². The van der Waals surface area contributed by atoms with E-state index in [4.69, 9.17) is 0 Å². The predicted octanol–water partition coefficient (Wildman–Crippen LogP) is 4.76. The monoisotopic (exact) mass is 450 g/mol. The molecule has 174 valence electrons. The average molecular weight is 451 g/mol. The zero-order chi connectivity index (χ0) is 24.1. The maximum atomic E-state index is 13.2. The Morgan fingerprint density at radius 2 is 1.61 bits per heavy atom. The van der Waals surface area contributed by atoms with E-state index in [1.807, 2.05) is 45.0 Å². The molecule has 0 aliphatic heterocycles. The fourth-order valence-electron chi connectivity index (χ4n) is 4.02. The lowest BCUT2D eigenvalue weighted by molar-refractivity contribution is 0.0677. The van der Waals surface area contributed by atoms with E-state index in [1.165, 1.54) is 4.57 Å². The fourth-order valence-corrected chi connectivity index (χ4v) is 4.02. The van der Waals surface area contributed by atoms with Gasteiger partial charge >= 0.3 is 17.6 Å². The van der Waals surface area contributed by atoms with Gasteiger partial charge in [-0.2, -0.15) is 0 Å². The second-order valence-corrected chi connectivity index (χ2v) is 8.60. The minimum atomic E-state index is -1.08. The molecule has 0 spiro atoms. The summed E-state index contributed by atoms with van der Waals surface area (Å²) >= 11 is 0. The minimum Gasteiger partial charge on any atom is -0.478 e. The molecule has 0 aliphatic rings. The Labute approximate surface area is 192 Å². The van der Waals surface area contributed by atoms with Crippen LogP contribution in [0.4, 0.5) is 0 Å². The third-order valence-corrected chi connectivity index (χ3v) is 5.71. The van der Waals surface area contributed by atoms with Gasteiger partial charge in [-0.1, -0.05) is 69.7 Å². The molecular formula is C26H30N2O5. The highest BCUT2D eigenvalue weighted by atomic mass is 16.4. The van der Waals surface area contributed by atoms with Crippen LogP contribution in [0.3, 0.4) is 0 Å². The molecule has 0 saturated heterocycles. The van der Waals surface area contributed by atoms with Crippen LogP contribution in [0.5, 0.6) is 0 Å². The number of hydrogen-bond donors (Lipinski definition) is 2. The van der Waals surface area contributed by atoms with Gasteiger partial charge in [-0.15, -0.1) is 0 Å². The molecule has 1 heterocycles. The summed E-state index contributed by atoms with van der Waals surface area (Å²) in [4.78, 5) is 36.8. The summed E-state index contributed by atoms with van der Waals surface area (Å²) in [7, 11) is 0. The van der Waals surface area contributed by atoms with Crippen molar-refractivity contribution in [1.29, 1.82) is 0 Å². The molecule has 2 aromatic carbocycles. The van der Waals surface area contributed by atoms with E-state index in [-0.39, 0.29) is 23.5 Å². The fraction of sp³-hybridized carbons (Fsp3) is 0.346. The van der Waals surface area contributed by atoms with Gasteiger partial charge in [0, 0.05) is 6.54 Å². The van der Waals surface area contributed by atoms with Crippen molar-refractivity contribution in [1.82, 2.24) is 9.13 Å². The number of rotatable bonds is 10. The van der Waals surface area contributed by atoms with Crippen LogP contribution < -0.4 is 5.69 Å². The van der Waals surface area contributed by atoms with Gasteiger partial charge in [-0.3, -0.25) is 9.13 Å². The molecule has 7 nitrogen and oxygen atoms in total. The van der Waals surface area contributed by atoms with E-state index >= 15 is 0 Å². The number of aromatic nitrogens is 2. The first-order valence-corrected chi connectivity index (χ1v) is 11.2. The third-order valence-electron chi connectivity index (χ3n) is 5.71. The second kappa shape index (κ2) is 10.3. The van der Waals surface area contributed by atoms with E-state index in [0.717, 1.165) is 17.5 Å². The van der Waals surface area contributed by atoms with E-state index in [0.29, 0.717) is 36.6 Å². The standard InChI is InChI=1S/C26H30N2O5/c1-4-7-22-23(25(31)32)27(15-14-17(2)3)26(33)28(22)16-18-10-12-19(13-11-18)20-8-5-6-9-21(20)24(29)30/h5-6,8-13,17H,4,7,14-16H2,1-3H3,(H,29,30)(H,31,32). The van der Waals surface area contributed by atoms with E-state index in [9.17, 15) is 24.6 Å². The van der Waals surface area contributed by atoms with Gasteiger partial charge < -0.3 is 10.2 Å². The number of nitrogens with zero attached hydrogens (tertiary/aromatic N) is 2. The minimum absolute atomic E-state index is 0.0782. The molecule has 3 aromatic rings. The Morgan fingerprint density at radius 1 is 0.939 bits per heavy atom. The molecule has 0 saturated carbocycles. The summed E-state index contributed by atoms with van der Waals surface area (Å²) in [5.74, 6) is -1.73. The number of carbonyl (C=O) groups is 2. The van der Waals surface area contributed by atoms with Crippen molar-refractivity contribution in [3.63, 3.8) is 0 Å². The van der Waals surface area contributed by atoms with Crippen LogP contribution in [-0.2, 0) is 19.5 Å². The molecular weight excluding hydrogens is 420 g/mol. The number of carboxylic acids is 2. The summed E-state index contributed by atoms with van der Waals surface area (Å²) in [6.45, 7) is 6.66. The summed E-state index contributed by atoms with van der Waals surface area (Å²) in [5.41, 5.74) is 2.75. The first-order chi connectivity index (χ1) is 15.7. The first kappa shape index (κ1) is 24.0. The number of benzene rings is 2. The zero-order valence-corrected chi connectivity index (χ0v) is 19.2. The Hall–Kier alpha value is -3.61. The van der Waals surface area contributed by atoms with Crippen molar-refractivity contribution >= 4 is 11.9 Å². The van der Waals surface area contributed by atoms with Crippen molar-refractivity contribution in [3.8, 4) is 11.1 Å². The van der Waals surface area contributed by atoms with Gasteiger partial charge in [-0.05, 0) is 41.5 Å². The van der Waals surface area contributed by atoms with Gasteiger partial charge in [0.15, 0.2) is 5.69 Å². The third kappa shape index (κ3) is 5.25. The van der Waals surface area contributed by atoms with Gasteiger partial charge in [-0.25, -0.2) is 14.4 Å². The van der Waals surface area contributed by atoms with Crippen molar-refractivity contribution in [3.05, 3.63) is 81.5 Å². The van der Waals surface area contributed by atoms with Crippen LogP contribution in [0.15, 0.2) is 53.3 Å². The van der Waals surface area contributed by atoms with Gasteiger partial charge in [0.2, 0.25) is 0 Å². The van der Waals surface area contributed by atoms with Crippen LogP contribution in [-0.4, -0.2) is 31.3 Å². The smallest absolute Gasteiger partial charge is 0.354 e. The number of aromatic carboxylic acids is 2. The highest BCUT2D eigenvalue weighted by Crippen LogP contribution is 2.24. The van der Waals surface area contributed by atoms with Gasteiger partial charge in [0.1, 0.15) is 0 Å². The maximum Gasteiger partial charge on any atom is 0.354 e. The zero-order valence-electron chi connectivity index (χ0n) is 19.2. The number of carboxylic acid groups (broad SMARTS) is 2. The lowest BCUT2D eigenvalue weighted by Crippen LogP contribution is -2.27. The molecule has 0 bridgehead atoms. The normalized spacial score (nSPS) is 11.2. The molecule has 3 rings (SSSR count). The Kier molecular flexibility index (Phi) is 7.53. The highest BCUT2D eigenvalue weighted by molar-refractivity contribution is 5.96. The quantitative estimate of drug-likeness (QED) is 0.464. The second-order valence-electron chi connectivity index (χ2n) is 8.60. The largest absolute Gasteiger partial charge is 0.478 e. The molecule has 0 fully saturated rings. The molecule has 2 N–H and O–H groups in total. The van der Waals surface area contributed by atoms with E-state index in [1.54, 1.807) is 28.8 Å². The molecule has 0 amide bonds. The average Bonchev–Trinajstić information content (AvgIpc) is 3.04. The Bertz CT molecular complexity index is 1200. The first-order valence-electron chi connectivity index (χ1n) is 11.2. The van der Waals surface area contributed by atoms with E-state index < -0.39 is 11.9 Å². The topological polar surface area (TPSA) is 102 Å². The van der Waals surface area contributed by atoms with Crippen molar-refractivity contribution in [2.45, 2.75) is 53.1 Å². The summed E-state index contributed by atoms with van der Waals surface area (Å²) in [6, 6.07) is 14.2. The van der Waals surface area contributed by atoms with Crippen LogP contribution in [0, 0.1) is 5.92 Å². The molecule has 0 unspecified atom stereocenters. The Morgan fingerprint density at radius 3 is 2.18 bits per heavy atom. The maximum absolute atomic E-state index is 13.2. The lowest BCUT2D eigenvalue weighted by atomic mass is 9.99. The van der Waals surface area contributed by atoms with Crippen LogP contribution >= 0.6 is 0 Å². The van der Waals surface area contributed by atoms with Crippen molar-refractivity contribution in [2.75, 3.05) is 0 Å². The van der Waals surface area contributed by atoms with Crippen LogP contribution in [0.1, 0.15) is 65.7 Å². The van der Waals surface area contributed by atoms with Crippen LogP contribution in [0.2, 0.25) is 0 Å². The molecule has 0 atom stereocenters. The van der Waals surface area contributed by atoms with Gasteiger partial charge in [0.25, 0.3) is 0 Å². The summed E-state index contributed by atoms with van der Waals surface area (Å²) in [6.07, 6.45) is 1.93. The highest BCUT2D eigenvalue weighted by Gasteiger charge is 2.24. The number of imidazole rings is 1.